The zero-order valence-corrected chi connectivity index (χ0v) is 36.8. The minimum absolute atomic E-state index is 0.0297. The SMILES string of the molecule is CCNC(=O)CCC/C=C\C[C@@H]1[C@@H](/C=C/[C@H](CCc2ccccc2)OC(=O)OCCCOC(=O)OCC(=O)[C@@]23CC[C@H]4[C@@H]5CCC6=CC(=O)CC[C@]6(C)C5=CC[C@@]42O3)[C@H](O)C[C@@H]1O. The highest BCUT2D eigenvalue weighted by Gasteiger charge is 2.81. The maximum Gasteiger partial charge on any atom is 0.508 e. The Morgan fingerprint density at radius 1 is 0.968 bits per heavy atom. The largest absolute Gasteiger partial charge is 0.508 e. The lowest BCUT2D eigenvalue weighted by atomic mass is 9.54. The van der Waals surface area contributed by atoms with E-state index in [1.165, 1.54) is 11.1 Å². The predicted molar refractivity (Wildman–Crippen MR) is 232 cm³/mol. The van der Waals surface area contributed by atoms with Gasteiger partial charge >= 0.3 is 12.3 Å². The van der Waals surface area contributed by atoms with Gasteiger partial charge in [0.2, 0.25) is 11.7 Å². The van der Waals surface area contributed by atoms with Gasteiger partial charge in [0.15, 0.2) is 18.0 Å². The summed E-state index contributed by atoms with van der Waals surface area (Å²) >= 11 is 0. The van der Waals surface area contributed by atoms with Crippen LogP contribution in [0.5, 0.6) is 0 Å². The second-order valence-corrected chi connectivity index (χ2v) is 18.4. The number of hydrogen-bond donors (Lipinski definition) is 3. The summed E-state index contributed by atoms with van der Waals surface area (Å²) in [6.07, 6.45) is 17.0. The fourth-order valence-corrected chi connectivity index (χ4v) is 11.4. The molecule has 4 fully saturated rings. The fourth-order valence-electron chi connectivity index (χ4n) is 11.4. The van der Waals surface area contributed by atoms with Gasteiger partial charge in [-0.05, 0) is 113 Å². The van der Waals surface area contributed by atoms with Crippen LogP contribution in [0.4, 0.5) is 9.59 Å². The van der Waals surface area contributed by atoms with E-state index in [0.29, 0.717) is 57.4 Å². The van der Waals surface area contributed by atoms with E-state index in [4.69, 9.17) is 23.7 Å². The van der Waals surface area contributed by atoms with Gasteiger partial charge in [-0.3, -0.25) is 14.4 Å². The van der Waals surface area contributed by atoms with Crippen LogP contribution in [0.3, 0.4) is 0 Å². The molecule has 1 saturated heterocycles. The standard InChI is InChI=1S/C50H65NO12/c1-3-51-45(56)15-10-5-4-9-14-37-38(43(54)31-42(37)53)21-19-36(18-16-33-12-7-6-8-13-33)62-47(58)60-29-11-28-59-46(57)61-32-44(55)50-27-24-41-39-20-17-34-30-35(52)22-25-48(34,2)40(39)23-26-49(41,50)63-50/h4,6-9,12-13,19,21,23,30,36-39,41-43,53-54H,3,5,10-11,14-18,20,22,24-29,31-32H2,1-2H3,(H,51,56)/b9-4-,21-19+/t36-,37+,38+,39+,41-,42-,43+,48-,49+,50-/m0/s1. The molecule has 1 aromatic carbocycles. The van der Waals surface area contributed by atoms with Crippen LogP contribution in [0.25, 0.3) is 0 Å². The van der Waals surface area contributed by atoms with Gasteiger partial charge in [0.25, 0.3) is 0 Å². The molecule has 1 amide bonds. The number of ether oxygens (including phenoxy) is 5. The summed E-state index contributed by atoms with van der Waals surface area (Å²) in [6.45, 7) is 4.12. The van der Waals surface area contributed by atoms with Crippen molar-refractivity contribution < 1.29 is 57.9 Å². The molecule has 7 rings (SSSR count). The first kappa shape index (κ1) is 46.4. The highest BCUT2D eigenvalue weighted by atomic mass is 16.7. The predicted octanol–water partition coefficient (Wildman–Crippen LogP) is 7.37. The number of carbonyl (C=O) groups excluding carboxylic acids is 5. The first-order valence-corrected chi connectivity index (χ1v) is 23.2. The number of epoxide rings is 1. The fraction of sp³-hybridized carbons (Fsp3) is 0.620. The zero-order valence-electron chi connectivity index (χ0n) is 36.8. The minimum Gasteiger partial charge on any atom is -0.434 e. The molecular weight excluding hydrogens is 807 g/mol. The number of nitrogens with one attached hydrogen (secondary N) is 1. The van der Waals surface area contributed by atoms with Crippen LogP contribution in [0.2, 0.25) is 0 Å². The normalized spacial score (nSPS) is 32.1. The highest BCUT2D eigenvalue weighted by molar-refractivity contribution is 5.95. The number of fused-ring (bicyclic) bond motifs is 4. The molecule has 342 valence electrons. The first-order chi connectivity index (χ1) is 30.4. The van der Waals surface area contributed by atoms with Crippen molar-refractivity contribution in [3.63, 3.8) is 0 Å². The van der Waals surface area contributed by atoms with E-state index < -0.39 is 48.4 Å². The molecular formula is C50H65NO12. The van der Waals surface area contributed by atoms with Gasteiger partial charge in [-0.15, -0.1) is 0 Å². The molecule has 10 atom stereocenters. The molecule has 1 spiro atoms. The Balaban J connectivity index is 0.835. The average Bonchev–Trinajstić information content (AvgIpc) is 3.66. The number of benzene rings is 1. The lowest BCUT2D eigenvalue weighted by Crippen LogP contribution is -2.45. The van der Waals surface area contributed by atoms with Gasteiger partial charge in [0, 0.05) is 43.6 Å². The second-order valence-electron chi connectivity index (χ2n) is 18.4. The van der Waals surface area contributed by atoms with Gasteiger partial charge in [0.05, 0.1) is 25.4 Å². The number of unbranched alkanes of at least 4 members (excludes halogenated alkanes) is 1. The Labute approximate surface area is 370 Å². The molecule has 0 radical (unpaired) electrons. The van der Waals surface area contributed by atoms with Crippen LogP contribution in [0, 0.1) is 29.1 Å². The first-order valence-electron chi connectivity index (χ1n) is 23.2. The second kappa shape index (κ2) is 20.5. The molecule has 13 heteroatoms. The molecule has 3 saturated carbocycles. The molecule has 1 aromatic rings. The Morgan fingerprint density at radius 2 is 1.76 bits per heavy atom. The smallest absolute Gasteiger partial charge is 0.434 e. The topological polar surface area (TPSA) is 187 Å². The quantitative estimate of drug-likeness (QED) is 0.0512. The highest BCUT2D eigenvalue weighted by Crippen LogP contribution is 2.72. The minimum atomic E-state index is -0.987. The van der Waals surface area contributed by atoms with Crippen LogP contribution in [-0.2, 0) is 44.5 Å². The van der Waals surface area contributed by atoms with Gasteiger partial charge < -0.3 is 39.2 Å². The molecule has 0 aromatic heterocycles. The number of aryl methyl sites for hydroxylation is 1. The number of hydrogen-bond acceptors (Lipinski definition) is 12. The van der Waals surface area contributed by atoms with Crippen molar-refractivity contribution in [2.24, 2.45) is 29.1 Å². The van der Waals surface area contributed by atoms with E-state index in [9.17, 15) is 34.2 Å². The van der Waals surface area contributed by atoms with E-state index in [2.05, 4.69) is 18.3 Å². The van der Waals surface area contributed by atoms with E-state index in [0.717, 1.165) is 44.1 Å². The summed E-state index contributed by atoms with van der Waals surface area (Å²) in [7, 11) is 0. The van der Waals surface area contributed by atoms with E-state index in [1.54, 1.807) is 6.08 Å². The summed E-state index contributed by atoms with van der Waals surface area (Å²) in [5.74, 6) is -0.0596. The summed E-state index contributed by atoms with van der Waals surface area (Å²) in [5.41, 5.74) is 2.09. The van der Waals surface area contributed by atoms with Crippen molar-refractivity contribution in [2.75, 3.05) is 26.4 Å². The summed E-state index contributed by atoms with van der Waals surface area (Å²) in [5, 5.41) is 24.4. The van der Waals surface area contributed by atoms with Crippen LogP contribution in [-0.4, -0.2) is 95.9 Å². The maximum atomic E-state index is 13.6. The molecule has 6 aliphatic rings. The average molecular weight is 872 g/mol. The van der Waals surface area contributed by atoms with Crippen LogP contribution >= 0.6 is 0 Å². The number of aliphatic hydroxyl groups is 2. The van der Waals surface area contributed by atoms with Crippen LogP contribution in [0.1, 0.15) is 109 Å². The number of allylic oxidation sites excluding steroid dienone is 5. The maximum absolute atomic E-state index is 13.6. The van der Waals surface area contributed by atoms with Crippen molar-refractivity contribution in [3.05, 3.63) is 83.5 Å². The third-order valence-corrected chi connectivity index (χ3v) is 14.7. The van der Waals surface area contributed by atoms with Gasteiger partial charge in [-0.2, -0.15) is 0 Å². The molecule has 0 unspecified atom stereocenters. The van der Waals surface area contributed by atoms with E-state index >= 15 is 0 Å². The van der Waals surface area contributed by atoms with Crippen LogP contribution in [0.15, 0.2) is 77.9 Å². The number of carbonyl (C=O) groups is 5. The summed E-state index contributed by atoms with van der Waals surface area (Å²) < 4.78 is 27.8. The monoisotopic (exact) mass is 871 g/mol. The lowest BCUT2D eigenvalue weighted by Gasteiger charge is -2.50. The third-order valence-electron chi connectivity index (χ3n) is 14.7. The van der Waals surface area contributed by atoms with Crippen molar-refractivity contribution in [2.45, 2.75) is 140 Å². The van der Waals surface area contributed by atoms with Gasteiger partial charge in [-0.1, -0.05) is 72.7 Å². The number of amides is 1. The van der Waals surface area contributed by atoms with Crippen molar-refractivity contribution in [1.82, 2.24) is 5.32 Å². The number of ketones is 2. The van der Waals surface area contributed by atoms with Gasteiger partial charge in [-0.25, -0.2) is 9.59 Å². The van der Waals surface area contributed by atoms with Gasteiger partial charge in [0.1, 0.15) is 11.7 Å². The molecule has 63 heavy (non-hydrogen) atoms. The van der Waals surface area contributed by atoms with Crippen molar-refractivity contribution >= 4 is 29.8 Å². The Bertz CT molecular complexity index is 1960. The number of rotatable bonds is 20. The molecule has 5 aliphatic carbocycles. The lowest BCUT2D eigenvalue weighted by molar-refractivity contribution is -0.128. The van der Waals surface area contributed by atoms with E-state index in [1.807, 2.05) is 61.6 Å². The number of Topliss-reactive ketones (excluding diaryl/α,β-unsaturated/α-hetero) is 1. The molecule has 0 bridgehead atoms. The summed E-state index contributed by atoms with van der Waals surface area (Å²) in [4.78, 5) is 62.8. The van der Waals surface area contributed by atoms with E-state index in [-0.39, 0.29) is 66.7 Å². The van der Waals surface area contributed by atoms with Crippen LogP contribution < -0.4 is 5.32 Å². The summed E-state index contributed by atoms with van der Waals surface area (Å²) in [6, 6.07) is 9.79. The third kappa shape index (κ3) is 10.4. The molecule has 13 nitrogen and oxygen atoms in total. The van der Waals surface area contributed by atoms with Crippen molar-refractivity contribution in [1.29, 1.82) is 0 Å². The Morgan fingerprint density at radius 3 is 2.56 bits per heavy atom. The Kier molecular flexibility index (Phi) is 15.1. The molecule has 1 aliphatic heterocycles. The molecule has 1 heterocycles. The zero-order chi connectivity index (χ0) is 44.6. The molecule has 3 N–H and O–H groups in total. The van der Waals surface area contributed by atoms with Crippen molar-refractivity contribution in [3.8, 4) is 0 Å². The number of aliphatic hydroxyl groups excluding tert-OH is 2. The Hall–Kier alpha value is -4.59.